The molecule has 0 unspecified atom stereocenters. The highest BCUT2D eigenvalue weighted by atomic mass is 35.5. The van der Waals surface area contributed by atoms with E-state index in [1.54, 1.807) is 6.07 Å². The zero-order valence-corrected chi connectivity index (χ0v) is 14.6. The molecular formula is C17H17Cl2N5. The van der Waals surface area contributed by atoms with Gasteiger partial charge in [-0.15, -0.1) is 0 Å². The van der Waals surface area contributed by atoms with Gasteiger partial charge in [-0.05, 0) is 18.9 Å². The van der Waals surface area contributed by atoms with Crippen LogP contribution in [0.3, 0.4) is 0 Å². The van der Waals surface area contributed by atoms with Crippen molar-refractivity contribution in [2.75, 3.05) is 6.54 Å². The summed E-state index contributed by atoms with van der Waals surface area (Å²) >= 11 is 12.3. The largest absolute Gasteiger partial charge is 0.331 e. The van der Waals surface area contributed by atoms with E-state index in [1.807, 2.05) is 23.1 Å². The maximum atomic E-state index is 6.23. The minimum absolute atomic E-state index is 0.581. The zero-order chi connectivity index (χ0) is 16.3. The maximum absolute atomic E-state index is 6.23. The fraction of sp³-hybridized carbons (Fsp3) is 0.412. The second-order valence-corrected chi connectivity index (χ2v) is 7.55. The fourth-order valence-corrected chi connectivity index (χ4v) is 4.10. The second kappa shape index (κ2) is 5.48. The Kier molecular flexibility index (Phi) is 3.37. The molecule has 0 radical (unpaired) electrons. The Hall–Kier alpha value is -1.56. The quantitative estimate of drug-likeness (QED) is 0.713. The molecule has 3 aromatic heterocycles. The first-order chi connectivity index (χ1) is 11.7. The number of hydrogen-bond acceptors (Lipinski definition) is 3. The van der Waals surface area contributed by atoms with Crippen LogP contribution in [0.5, 0.6) is 0 Å². The SMILES string of the molecule is Clc1cc(Cl)c2nc(CN3CCc4c(ncn4C4CC4)C3)cn2c1. The molecule has 4 heterocycles. The van der Waals surface area contributed by atoms with Gasteiger partial charge in [0.05, 0.1) is 27.8 Å². The van der Waals surface area contributed by atoms with Crippen LogP contribution < -0.4 is 0 Å². The molecule has 0 aromatic carbocycles. The van der Waals surface area contributed by atoms with E-state index in [1.165, 1.54) is 24.2 Å². The van der Waals surface area contributed by atoms with E-state index < -0.39 is 0 Å². The van der Waals surface area contributed by atoms with Crippen molar-refractivity contribution in [2.45, 2.75) is 38.4 Å². The van der Waals surface area contributed by atoms with Crippen LogP contribution in [0, 0.1) is 0 Å². The van der Waals surface area contributed by atoms with Gasteiger partial charge in [0, 0.05) is 50.2 Å². The van der Waals surface area contributed by atoms with Crippen molar-refractivity contribution < 1.29 is 0 Å². The Balaban J connectivity index is 1.37. The lowest BCUT2D eigenvalue weighted by molar-refractivity contribution is 0.237. The molecule has 0 bridgehead atoms. The number of fused-ring (bicyclic) bond motifs is 2. The molecule has 0 N–H and O–H groups in total. The van der Waals surface area contributed by atoms with Gasteiger partial charge < -0.3 is 8.97 Å². The molecule has 0 saturated heterocycles. The van der Waals surface area contributed by atoms with E-state index >= 15 is 0 Å². The van der Waals surface area contributed by atoms with Crippen LogP contribution in [-0.2, 0) is 19.5 Å². The monoisotopic (exact) mass is 361 g/mol. The van der Waals surface area contributed by atoms with Crippen molar-refractivity contribution in [3.63, 3.8) is 0 Å². The van der Waals surface area contributed by atoms with Crippen molar-refractivity contribution in [3.05, 3.63) is 51.9 Å². The Morgan fingerprint density at radius 3 is 2.92 bits per heavy atom. The molecule has 1 aliphatic heterocycles. The lowest BCUT2D eigenvalue weighted by atomic mass is 10.1. The van der Waals surface area contributed by atoms with Gasteiger partial charge in [-0.3, -0.25) is 4.90 Å². The second-order valence-electron chi connectivity index (χ2n) is 6.71. The number of halogens is 2. The molecule has 0 amide bonds. The summed E-state index contributed by atoms with van der Waals surface area (Å²) in [6.45, 7) is 2.72. The maximum Gasteiger partial charge on any atom is 0.156 e. The number of rotatable bonds is 3. The van der Waals surface area contributed by atoms with Gasteiger partial charge in [0.15, 0.2) is 5.65 Å². The van der Waals surface area contributed by atoms with E-state index in [0.717, 1.165) is 37.4 Å². The highest BCUT2D eigenvalue weighted by molar-refractivity contribution is 6.36. The van der Waals surface area contributed by atoms with Gasteiger partial charge in [-0.25, -0.2) is 9.97 Å². The molecule has 7 heteroatoms. The number of nitrogens with zero attached hydrogens (tertiary/aromatic N) is 5. The Morgan fingerprint density at radius 2 is 2.08 bits per heavy atom. The Labute approximate surface area is 149 Å². The molecular weight excluding hydrogens is 345 g/mol. The first-order valence-corrected chi connectivity index (χ1v) is 9.02. The van der Waals surface area contributed by atoms with Crippen molar-refractivity contribution >= 4 is 28.8 Å². The third-order valence-electron chi connectivity index (χ3n) is 4.87. The third kappa shape index (κ3) is 2.51. The van der Waals surface area contributed by atoms with Gasteiger partial charge in [0.25, 0.3) is 0 Å². The molecule has 2 aliphatic rings. The predicted octanol–water partition coefficient (Wildman–Crippen LogP) is 3.73. The lowest BCUT2D eigenvalue weighted by Crippen LogP contribution is -2.31. The molecule has 1 fully saturated rings. The normalized spacial score (nSPS) is 18.2. The molecule has 24 heavy (non-hydrogen) atoms. The van der Waals surface area contributed by atoms with Crippen LogP contribution in [-0.4, -0.2) is 30.4 Å². The lowest BCUT2D eigenvalue weighted by Gasteiger charge is -2.26. The molecule has 5 nitrogen and oxygen atoms in total. The summed E-state index contributed by atoms with van der Waals surface area (Å²) in [5.41, 5.74) is 4.41. The smallest absolute Gasteiger partial charge is 0.156 e. The average Bonchev–Trinajstić information content (AvgIpc) is 3.17. The summed E-state index contributed by atoms with van der Waals surface area (Å²) in [5.74, 6) is 0. The van der Waals surface area contributed by atoms with E-state index in [-0.39, 0.29) is 0 Å². The van der Waals surface area contributed by atoms with E-state index in [0.29, 0.717) is 16.1 Å². The molecule has 5 rings (SSSR count). The average molecular weight is 362 g/mol. The highest BCUT2D eigenvalue weighted by Gasteiger charge is 2.29. The van der Waals surface area contributed by atoms with Gasteiger partial charge >= 0.3 is 0 Å². The van der Waals surface area contributed by atoms with Crippen molar-refractivity contribution in [2.24, 2.45) is 0 Å². The zero-order valence-electron chi connectivity index (χ0n) is 13.1. The summed E-state index contributed by atoms with van der Waals surface area (Å²) in [6.07, 6.45) is 9.54. The van der Waals surface area contributed by atoms with Gasteiger partial charge in [0.1, 0.15) is 0 Å². The molecule has 1 aliphatic carbocycles. The Bertz CT molecular complexity index is 925. The van der Waals surface area contributed by atoms with E-state index in [4.69, 9.17) is 23.2 Å². The number of imidazole rings is 2. The highest BCUT2D eigenvalue weighted by Crippen LogP contribution is 2.37. The summed E-state index contributed by atoms with van der Waals surface area (Å²) in [5, 5.41) is 1.20. The summed E-state index contributed by atoms with van der Waals surface area (Å²) in [4.78, 5) is 11.7. The van der Waals surface area contributed by atoms with E-state index in [2.05, 4.69) is 19.4 Å². The fourth-order valence-electron chi connectivity index (χ4n) is 3.57. The van der Waals surface area contributed by atoms with Crippen molar-refractivity contribution in [1.82, 2.24) is 23.8 Å². The summed E-state index contributed by atoms with van der Waals surface area (Å²) in [6, 6.07) is 2.44. The molecule has 0 spiro atoms. The number of pyridine rings is 1. The van der Waals surface area contributed by atoms with Crippen LogP contribution in [0.4, 0.5) is 0 Å². The van der Waals surface area contributed by atoms with Gasteiger partial charge in [-0.1, -0.05) is 23.2 Å². The Morgan fingerprint density at radius 1 is 1.21 bits per heavy atom. The van der Waals surface area contributed by atoms with Gasteiger partial charge in [0.2, 0.25) is 0 Å². The standard InChI is InChI=1S/C17H17Cl2N5/c18-11-5-14(19)17-21-12(8-23(17)6-11)7-22-4-3-16-15(9-22)20-10-24(16)13-1-2-13/h5-6,8,10,13H,1-4,7,9H2. The molecule has 124 valence electrons. The number of aromatic nitrogens is 4. The van der Waals surface area contributed by atoms with Crippen LogP contribution in [0.1, 0.15) is 36.0 Å². The minimum Gasteiger partial charge on any atom is -0.331 e. The third-order valence-corrected chi connectivity index (χ3v) is 5.35. The van der Waals surface area contributed by atoms with Crippen molar-refractivity contribution in [3.8, 4) is 0 Å². The predicted molar refractivity (Wildman–Crippen MR) is 93.5 cm³/mol. The summed E-state index contributed by atoms with van der Waals surface area (Å²) < 4.78 is 4.29. The van der Waals surface area contributed by atoms with Crippen LogP contribution in [0.2, 0.25) is 10.0 Å². The van der Waals surface area contributed by atoms with Crippen LogP contribution >= 0.6 is 23.2 Å². The van der Waals surface area contributed by atoms with Gasteiger partial charge in [-0.2, -0.15) is 0 Å². The van der Waals surface area contributed by atoms with Crippen molar-refractivity contribution in [1.29, 1.82) is 0 Å². The molecule has 3 aromatic rings. The van der Waals surface area contributed by atoms with E-state index in [9.17, 15) is 0 Å². The topological polar surface area (TPSA) is 38.4 Å². The number of hydrogen-bond donors (Lipinski definition) is 0. The molecule has 1 saturated carbocycles. The minimum atomic E-state index is 0.581. The molecule has 0 atom stereocenters. The first-order valence-electron chi connectivity index (χ1n) is 8.27. The van der Waals surface area contributed by atoms with Crippen LogP contribution in [0.25, 0.3) is 5.65 Å². The summed E-state index contributed by atoms with van der Waals surface area (Å²) in [7, 11) is 0. The van der Waals surface area contributed by atoms with Crippen LogP contribution in [0.15, 0.2) is 24.8 Å². The first kappa shape index (κ1) is 14.8.